The van der Waals surface area contributed by atoms with Crippen molar-refractivity contribution in [3.8, 4) is 0 Å². The van der Waals surface area contributed by atoms with Gasteiger partial charge in [0, 0.05) is 24.7 Å². The first-order valence-electron chi connectivity index (χ1n) is 9.71. The number of aromatic nitrogens is 4. The number of halogens is 1. The van der Waals surface area contributed by atoms with Gasteiger partial charge in [0.15, 0.2) is 0 Å². The maximum absolute atomic E-state index is 13.0. The molecule has 7 nitrogen and oxygen atoms in total. The number of carbonyl (C=O) groups excluding carboxylic acids is 1. The Morgan fingerprint density at radius 2 is 1.97 bits per heavy atom. The molecule has 1 N–H and O–H groups in total. The highest BCUT2D eigenvalue weighted by Gasteiger charge is 2.38. The second kappa shape index (κ2) is 9.15. The number of amides is 1. The maximum atomic E-state index is 13.0. The second-order valence-corrected chi connectivity index (χ2v) is 7.72. The lowest BCUT2D eigenvalue weighted by Gasteiger charge is -2.23. The summed E-state index contributed by atoms with van der Waals surface area (Å²) in [5.41, 5.74) is 2.29. The number of carbonyl (C=O) groups is 1. The summed E-state index contributed by atoms with van der Waals surface area (Å²) in [6.07, 6.45) is 3.09. The van der Waals surface area contributed by atoms with Gasteiger partial charge < -0.3 is 5.32 Å². The van der Waals surface area contributed by atoms with E-state index in [1.807, 2.05) is 42.5 Å². The highest BCUT2D eigenvalue weighted by Crippen LogP contribution is 2.28. The Morgan fingerprint density at radius 1 is 1.14 bits per heavy atom. The van der Waals surface area contributed by atoms with Crippen LogP contribution in [0.25, 0.3) is 0 Å². The molecule has 1 saturated heterocycles. The summed E-state index contributed by atoms with van der Waals surface area (Å²) < 4.78 is 1.74. The van der Waals surface area contributed by atoms with Crippen molar-refractivity contribution in [2.45, 2.75) is 31.5 Å². The zero-order valence-electron chi connectivity index (χ0n) is 16.0. The number of likely N-dealkylation sites (tertiary alicyclic amines) is 1. The zero-order valence-corrected chi connectivity index (χ0v) is 16.7. The van der Waals surface area contributed by atoms with Crippen LogP contribution in [0.4, 0.5) is 0 Å². The average Bonchev–Trinajstić information content (AvgIpc) is 3.39. The Bertz CT molecular complexity index is 933. The van der Waals surface area contributed by atoms with E-state index in [0.717, 1.165) is 12.0 Å². The summed E-state index contributed by atoms with van der Waals surface area (Å²) >= 11 is 6.14. The number of nitrogens with one attached hydrogen (secondary N) is 1. The number of tetrazole rings is 1. The molecular formula is C21H23ClN6O. The van der Waals surface area contributed by atoms with Crippen LogP contribution in [0.2, 0.25) is 5.02 Å². The maximum Gasteiger partial charge on any atom is 0.237 e. The molecule has 8 heteroatoms. The van der Waals surface area contributed by atoms with E-state index < -0.39 is 0 Å². The molecule has 3 aromatic rings. The lowest BCUT2D eigenvalue weighted by molar-refractivity contribution is -0.125. The van der Waals surface area contributed by atoms with Gasteiger partial charge in [-0.3, -0.25) is 9.69 Å². The number of nitrogens with zero attached hydrogens (tertiary/aromatic N) is 5. The van der Waals surface area contributed by atoms with Crippen LogP contribution in [0.1, 0.15) is 23.6 Å². The number of rotatable bonds is 7. The molecule has 0 aliphatic carbocycles. The summed E-state index contributed by atoms with van der Waals surface area (Å²) in [6, 6.07) is 17.7. The Balaban J connectivity index is 1.43. The first-order chi connectivity index (χ1) is 14.2. The zero-order chi connectivity index (χ0) is 20.1. The van der Waals surface area contributed by atoms with Gasteiger partial charge in [0.05, 0.1) is 12.1 Å². The fourth-order valence-corrected chi connectivity index (χ4v) is 4.03. The van der Waals surface area contributed by atoms with E-state index in [1.54, 1.807) is 11.0 Å². The highest BCUT2D eigenvalue weighted by atomic mass is 35.5. The topological polar surface area (TPSA) is 75.9 Å². The van der Waals surface area contributed by atoms with Crippen LogP contribution >= 0.6 is 11.6 Å². The van der Waals surface area contributed by atoms with E-state index in [0.29, 0.717) is 31.1 Å². The predicted molar refractivity (Wildman–Crippen MR) is 110 cm³/mol. The van der Waals surface area contributed by atoms with Gasteiger partial charge in [0.2, 0.25) is 5.91 Å². The molecule has 0 unspecified atom stereocenters. The second-order valence-electron chi connectivity index (χ2n) is 7.28. The third kappa shape index (κ3) is 4.99. The first kappa shape index (κ1) is 19.5. The third-order valence-corrected chi connectivity index (χ3v) is 5.49. The molecule has 0 bridgehead atoms. The van der Waals surface area contributed by atoms with Gasteiger partial charge in [0.25, 0.3) is 0 Å². The van der Waals surface area contributed by atoms with Crippen molar-refractivity contribution in [1.29, 1.82) is 0 Å². The fourth-order valence-electron chi connectivity index (χ4n) is 3.82. The quantitative estimate of drug-likeness (QED) is 0.647. The molecule has 1 aliphatic heterocycles. The van der Waals surface area contributed by atoms with Crippen molar-refractivity contribution in [3.63, 3.8) is 0 Å². The monoisotopic (exact) mass is 410 g/mol. The third-order valence-electron chi connectivity index (χ3n) is 5.25. The molecule has 1 amide bonds. The normalized spacial score (nSPS) is 19.3. The minimum Gasteiger partial charge on any atom is -0.354 e. The lowest BCUT2D eigenvalue weighted by Crippen LogP contribution is -2.43. The minimum atomic E-state index is -0.237. The molecule has 150 valence electrons. The van der Waals surface area contributed by atoms with Crippen LogP contribution < -0.4 is 5.32 Å². The van der Waals surface area contributed by atoms with Gasteiger partial charge in [-0.2, -0.15) is 0 Å². The molecule has 2 aromatic carbocycles. The lowest BCUT2D eigenvalue weighted by atomic mass is 10.1. The summed E-state index contributed by atoms with van der Waals surface area (Å²) in [4.78, 5) is 15.2. The van der Waals surface area contributed by atoms with E-state index >= 15 is 0 Å². The number of benzene rings is 2. The Labute approximate surface area is 174 Å². The Hall–Kier alpha value is -2.77. The van der Waals surface area contributed by atoms with Crippen molar-refractivity contribution in [2.24, 2.45) is 0 Å². The molecular weight excluding hydrogens is 388 g/mol. The molecule has 1 aromatic heterocycles. The number of hydrogen-bond donors (Lipinski definition) is 1. The van der Waals surface area contributed by atoms with Crippen LogP contribution in [0, 0.1) is 0 Å². The molecule has 0 radical (unpaired) electrons. The van der Waals surface area contributed by atoms with Crippen LogP contribution in [0.5, 0.6) is 0 Å². The standard InChI is InChI=1S/C21H23ClN6O/c22-18-8-4-7-17(11-18)13-27-14-19(28-15-24-25-26-28)12-20(27)21(29)23-10-9-16-5-2-1-3-6-16/h1-8,11,15,19-20H,9-10,12-14H2,(H,23,29)/t19-,20+/m1/s1. The fraction of sp³-hybridized carbons (Fsp3) is 0.333. The van der Waals surface area contributed by atoms with E-state index in [4.69, 9.17) is 11.6 Å². The first-order valence-corrected chi connectivity index (χ1v) is 10.1. The van der Waals surface area contributed by atoms with Gasteiger partial charge in [-0.25, -0.2) is 4.68 Å². The molecule has 29 heavy (non-hydrogen) atoms. The molecule has 2 atom stereocenters. The molecule has 1 fully saturated rings. The van der Waals surface area contributed by atoms with E-state index in [1.165, 1.54) is 5.56 Å². The van der Waals surface area contributed by atoms with Gasteiger partial charge >= 0.3 is 0 Å². The van der Waals surface area contributed by atoms with Crippen molar-refractivity contribution in [2.75, 3.05) is 13.1 Å². The van der Waals surface area contributed by atoms with Crippen molar-refractivity contribution >= 4 is 17.5 Å². The Kier molecular flexibility index (Phi) is 6.17. The molecule has 0 saturated carbocycles. The minimum absolute atomic E-state index is 0.0403. The van der Waals surface area contributed by atoms with Gasteiger partial charge in [-0.1, -0.05) is 54.1 Å². The van der Waals surface area contributed by atoms with E-state index in [-0.39, 0.29) is 18.0 Å². The predicted octanol–water partition coefficient (Wildman–Crippen LogP) is 2.50. The SMILES string of the molecule is O=C(NCCc1ccccc1)[C@@H]1C[C@@H](n2cnnn2)CN1Cc1cccc(Cl)c1. The van der Waals surface area contributed by atoms with Crippen LogP contribution in [0.3, 0.4) is 0 Å². The smallest absolute Gasteiger partial charge is 0.237 e. The Morgan fingerprint density at radius 3 is 2.72 bits per heavy atom. The van der Waals surface area contributed by atoms with Gasteiger partial charge in [0.1, 0.15) is 6.33 Å². The largest absolute Gasteiger partial charge is 0.354 e. The summed E-state index contributed by atoms with van der Waals surface area (Å²) in [5.74, 6) is 0.0403. The van der Waals surface area contributed by atoms with Crippen molar-refractivity contribution in [1.82, 2.24) is 30.4 Å². The van der Waals surface area contributed by atoms with E-state index in [2.05, 4.69) is 37.9 Å². The van der Waals surface area contributed by atoms with Gasteiger partial charge in [-0.05, 0) is 46.5 Å². The van der Waals surface area contributed by atoms with Crippen LogP contribution in [-0.4, -0.2) is 50.1 Å². The van der Waals surface area contributed by atoms with Crippen molar-refractivity contribution in [3.05, 3.63) is 77.1 Å². The molecule has 0 spiro atoms. The highest BCUT2D eigenvalue weighted by molar-refractivity contribution is 6.30. The summed E-state index contributed by atoms with van der Waals surface area (Å²) in [7, 11) is 0. The molecule has 4 rings (SSSR count). The van der Waals surface area contributed by atoms with Crippen molar-refractivity contribution < 1.29 is 4.79 Å². The molecule has 1 aliphatic rings. The van der Waals surface area contributed by atoms with E-state index in [9.17, 15) is 4.79 Å². The average molecular weight is 411 g/mol. The van der Waals surface area contributed by atoms with Crippen LogP contribution in [0.15, 0.2) is 60.9 Å². The summed E-state index contributed by atoms with van der Waals surface area (Å²) in [6.45, 7) is 1.96. The summed E-state index contributed by atoms with van der Waals surface area (Å²) in [5, 5.41) is 15.3. The van der Waals surface area contributed by atoms with Crippen LogP contribution in [-0.2, 0) is 17.8 Å². The molecule has 2 heterocycles. The number of hydrogen-bond acceptors (Lipinski definition) is 5. The van der Waals surface area contributed by atoms with Gasteiger partial charge in [-0.15, -0.1) is 5.10 Å².